The van der Waals surface area contributed by atoms with E-state index in [0.717, 1.165) is 6.42 Å². The fourth-order valence-electron chi connectivity index (χ4n) is 3.61. The second kappa shape index (κ2) is 3.28. The SMILES string of the molecule is O=C1[C@H]2[C@H](C(=O)N1c1ccccn1)[C@@H]1C=C[C@@H]2C1. The lowest BCUT2D eigenvalue weighted by molar-refractivity contribution is -0.123. The molecule has 0 aromatic carbocycles. The molecule has 0 unspecified atom stereocenters. The van der Waals surface area contributed by atoms with Gasteiger partial charge in [-0.1, -0.05) is 18.2 Å². The van der Waals surface area contributed by atoms with E-state index in [2.05, 4.69) is 17.1 Å². The zero-order valence-electron chi connectivity index (χ0n) is 9.69. The zero-order chi connectivity index (χ0) is 12.3. The summed E-state index contributed by atoms with van der Waals surface area (Å²) in [5, 5.41) is 0. The molecule has 1 aromatic rings. The van der Waals surface area contributed by atoms with Gasteiger partial charge < -0.3 is 0 Å². The van der Waals surface area contributed by atoms with E-state index in [4.69, 9.17) is 0 Å². The van der Waals surface area contributed by atoms with Gasteiger partial charge in [0.15, 0.2) is 0 Å². The molecule has 0 N–H and O–H groups in total. The molecule has 2 heterocycles. The van der Waals surface area contributed by atoms with Gasteiger partial charge in [0.2, 0.25) is 11.8 Å². The average Bonchev–Trinajstić information content (AvgIpc) is 3.05. The van der Waals surface area contributed by atoms with Gasteiger partial charge in [-0.15, -0.1) is 0 Å². The highest BCUT2D eigenvalue weighted by molar-refractivity contribution is 6.22. The minimum absolute atomic E-state index is 0.0689. The van der Waals surface area contributed by atoms with Gasteiger partial charge >= 0.3 is 0 Å². The van der Waals surface area contributed by atoms with Crippen LogP contribution < -0.4 is 4.90 Å². The van der Waals surface area contributed by atoms with E-state index in [0.29, 0.717) is 5.82 Å². The summed E-state index contributed by atoms with van der Waals surface area (Å²) in [5.41, 5.74) is 0. The normalized spacial score (nSPS) is 36.6. The maximum atomic E-state index is 12.4. The van der Waals surface area contributed by atoms with E-state index in [9.17, 15) is 9.59 Å². The monoisotopic (exact) mass is 240 g/mol. The number of rotatable bonds is 1. The number of hydrogen-bond acceptors (Lipinski definition) is 3. The minimum Gasteiger partial charge on any atom is -0.274 e. The van der Waals surface area contributed by atoms with Crippen molar-refractivity contribution in [3.05, 3.63) is 36.5 Å². The molecule has 2 fully saturated rings. The van der Waals surface area contributed by atoms with Crippen LogP contribution in [0.5, 0.6) is 0 Å². The van der Waals surface area contributed by atoms with Crippen LogP contribution in [-0.2, 0) is 9.59 Å². The molecule has 1 saturated carbocycles. The second-order valence-electron chi connectivity index (χ2n) is 5.20. The van der Waals surface area contributed by atoms with Crippen LogP contribution in [0.15, 0.2) is 36.5 Å². The summed E-state index contributed by atoms with van der Waals surface area (Å²) in [5.74, 6) is 0.543. The molecule has 4 heteroatoms. The van der Waals surface area contributed by atoms with Gasteiger partial charge in [0.05, 0.1) is 11.8 Å². The van der Waals surface area contributed by atoms with Gasteiger partial charge in [0.1, 0.15) is 5.82 Å². The molecule has 90 valence electrons. The van der Waals surface area contributed by atoms with Crippen molar-refractivity contribution in [1.82, 2.24) is 4.98 Å². The van der Waals surface area contributed by atoms with Crippen LogP contribution in [0.1, 0.15) is 6.42 Å². The standard InChI is InChI=1S/C14H12N2O2/c17-13-11-8-4-5-9(7-8)12(11)14(18)16(13)10-3-1-2-6-15-10/h1-6,8-9,11-12H,7H2/t8-,9-,11-,12-/m1/s1. The molecule has 1 aromatic heterocycles. The van der Waals surface area contributed by atoms with Crippen molar-refractivity contribution >= 4 is 17.6 Å². The Morgan fingerprint density at radius 2 is 1.72 bits per heavy atom. The number of nitrogens with zero attached hydrogens (tertiary/aromatic N) is 2. The topological polar surface area (TPSA) is 50.3 Å². The molecule has 2 bridgehead atoms. The van der Waals surface area contributed by atoms with Gasteiger partial charge in [0, 0.05) is 6.20 Å². The minimum atomic E-state index is -0.144. The maximum absolute atomic E-state index is 12.4. The van der Waals surface area contributed by atoms with Gasteiger partial charge in [-0.05, 0) is 30.4 Å². The molecular weight excluding hydrogens is 228 g/mol. The maximum Gasteiger partial charge on any atom is 0.239 e. The van der Waals surface area contributed by atoms with E-state index in [1.54, 1.807) is 24.4 Å². The van der Waals surface area contributed by atoms with Crippen LogP contribution in [0.4, 0.5) is 5.82 Å². The van der Waals surface area contributed by atoms with Crippen molar-refractivity contribution in [2.24, 2.45) is 23.7 Å². The van der Waals surface area contributed by atoms with Crippen LogP contribution in [-0.4, -0.2) is 16.8 Å². The molecule has 0 radical (unpaired) electrons. The fourth-order valence-corrected chi connectivity index (χ4v) is 3.61. The number of carbonyl (C=O) groups excluding carboxylic acids is 2. The van der Waals surface area contributed by atoms with Crippen LogP contribution in [0.3, 0.4) is 0 Å². The van der Waals surface area contributed by atoms with Gasteiger partial charge in [-0.25, -0.2) is 9.88 Å². The number of pyridine rings is 1. The van der Waals surface area contributed by atoms with E-state index in [-0.39, 0.29) is 35.5 Å². The van der Waals surface area contributed by atoms with E-state index in [1.165, 1.54) is 4.90 Å². The van der Waals surface area contributed by atoms with Gasteiger partial charge in [0.25, 0.3) is 0 Å². The number of allylic oxidation sites excluding steroid dienone is 2. The summed E-state index contributed by atoms with van der Waals surface area (Å²) in [7, 11) is 0. The van der Waals surface area contributed by atoms with Crippen LogP contribution >= 0.6 is 0 Å². The van der Waals surface area contributed by atoms with Crippen molar-refractivity contribution in [2.45, 2.75) is 6.42 Å². The van der Waals surface area contributed by atoms with Crippen LogP contribution in [0.2, 0.25) is 0 Å². The number of hydrogen-bond donors (Lipinski definition) is 0. The molecule has 18 heavy (non-hydrogen) atoms. The second-order valence-corrected chi connectivity index (χ2v) is 5.20. The Kier molecular flexibility index (Phi) is 1.82. The molecule has 2 amide bonds. The Labute approximate surface area is 104 Å². The highest BCUT2D eigenvalue weighted by atomic mass is 16.2. The number of aromatic nitrogens is 1. The molecule has 4 atom stereocenters. The third-order valence-electron chi connectivity index (χ3n) is 4.35. The molecular formula is C14H12N2O2. The third-order valence-corrected chi connectivity index (χ3v) is 4.35. The summed E-state index contributed by atoms with van der Waals surface area (Å²) in [6, 6.07) is 5.29. The molecule has 2 aliphatic carbocycles. The lowest BCUT2D eigenvalue weighted by Crippen LogP contribution is -2.33. The molecule has 1 saturated heterocycles. The van der Waals surface area contributed by atoms with Crippen molar-refractivity contribution < 1.29 is 9.59 Å². The lowest BCUT2D eigenvalue weighted by atomic mass is 9.85. The Balaban J connectivity index is 1.77. The Morgan fingerprint density at radius 1 is 1.06 bits per heavy atom. The van der Waals surface area contributed by atoms with Gasteiger partial charge in [-0.2, -0.15) is 0 Å². The number of carbonyl (C=O) groups is 2. The molecule has 3 aliphatic rings. The van der Waals surface area contributed by atoms with Crippen LogP contribution in [0.25, 0.3) is 0 Å². The summed E-state index contributed by atoms with van der Waals surface area (Å²) in [4.78, 5) is 30.2. The van der Waals surface area contributed by atoms with E-state index < -0.39 is 0 Å². The Bertz CT molecular complexity index is 536. The number of amides is 2. The Hall–Kier alpha value is -1.97. The first-order valence-corrected chi connectivity index (χ1v) is 6.24. The summed E-state index contributed by atoms with van der Waals surface area (Å²) < 4.78 is 0. The van der Waals surface area contributed by atoms with Crippen molar-refractivity contribution in [1.29, 1.82) is 0 Å². The summed E-state index contributed by atoms with van der Waals surface area (Å²) in [6.07, 6.45) is 6.76. The first kappa shape index (κ1) is 10.00. The first-order chi connectivity index (χ1) is 8.77. The predicted octanol–water partition coefficient (Wildman–Crippen LogP) is 1.39. The summed E-state index contributed by atoms with van der Waals surface area (Å²) in [6.45, 7) is 0. The smallest absolute Gasteiger partial charge is 0.239 e. The molecule has 4 nitrogen and oxygen atoms in total. The quantitative estimate of drug-likeness (QED) is 0.550. The van der Waals surface area contributed by atoms with Crippen molar-refractivity contribution in [3.63, 3.8) is 0 Å². The van der Waals surface area contributed by atoms with E-state index >= 15 is 0 Å². The molecule has 4 rings (SSSR count). The van der Waals surface area contributed by atoms with Crippen LogP contribution in [0, 0.1) is 23.7 Å². The van der Waals surface area contributed by atoms with Crippen molar-refractivity contribution in [3.8, 4) is 0 Å². The molecule has 1 aliphatic heterocycles. The fraction of sp³-hybridized carbons (Fsp3) is 0.357. The number of fused-ring (bicyclic) bond motifs is 5. The largest absolute Gasteiger partial charge is 0.274 e. The highest BCUT2D eigenvalue weighted by Crippen LogP contribution is 2.52. The highest BCUT2D eigenvalue weighted by Gasteiger charge is 2.59. The number of anilines is 1. The Morgan fingerprint density at radius 3 is 2.28 bits per heavy atom. The average molecular weight is 240 g/mol. The number of imide groups is 1. The van der Waals surface area contributed by atoms with Crippen molar-refractivity contribution in [2.75, 3.05) is 4.90 Å². The predicted molar refractivity (Wildman–Crippen MR) is 64.4 cm³/mol. The molecule has 0 spiro atoms. The first-order valence-electron chi connectivity index (χ1n) is 6.24. The summed E-state index contributed by atoms with van der Waals surface area (Å²) >= 11 is 0. The lowest BCUT2D eigenvalue weighted by Gasteiger charge is -2.15. The third kappa shape index (κ3) is 1.08. The van der Waals surface area contributed by atoms with E-state index in [1.807, 2.05) is 0 Å². The van der Waals surface area contributed by atoms with Gasteiger partial charge in [-0.3, -0.25) is 9.59 Å². The zero-order valence-corrected chi connectivity index (χ0v) is 9.69.